The Kier molecular flexibility index (Phi) is 4.09. The van der Waals surface area contributed by atoms with Crippen LogP contribution in [0.5, 0.6) is 0 Å². The summed E-state index contributed by atoms with van der Waals surface area (Å²) in [5, 5.41) is 11.4. The first kappa shape index (κ1) is 14.6. The van der Waals surface area contributed by atoms with Crippen molar-refractivity contribution in [3.8, 4) is 0 Å². The van der Waals surface area contributed by atoms with Crippen LogP contribution in [0, 0.1) is 0 Å². The van der Waals surface area contributed by atoms with E-state index >= 15 is 0 Å². The number of nitrogens with two attached hydrogens (primary N) is 1. The summed E-state index contributed by atoms with van der Waals surface area (Å²) in [6.45, 7) is 0. The van der Waals surface area contributed by atoms with E-state index in [9.17, 15) is 5.11 Å². The molecule has 0 aliphatic rings. The second-order valence-electron chi connectivity index (χ2n) is 5.42. The maximum absolute atomic E-state index is 11.4. The Hall–Kier alpha value is -2.36. The number of hydrogen-bond donors (Lipinski definition) is 2. The maximum atomic E-state index is 11.4. The van der Waals surface area contributed by atoms with Crippen molar-refractivity contribution in [1.82, 2.24) is 0 Å². The zero-order valence-electron chi connectivity index (χ0n) is 12.2. The van der Waals surface area contributed by atoms with Gasteiger partial charge in [-0.1, -0.05) is 60.7 Å². The first-order valence-electron chi connectivity index (χ1n) is 7.32. The van der Waals surface area contributed by atoms with Crippen molar-refractivity contribution >= 4 is 0 Å². The molecule has 112 valence electrons. The molecule has 0 spiro atoms. The van der Waals surface area contributed by atoms with Gasteiger partial charge in [-0.3, -0.25) is 0 Å². The van der Waals surface area contributed by atoms with Gasteiger partial charge in [-0.15, -0.1) is 0 Å². The van der Waals surface area contributed by atoms with E-state index in [1.165, 1.54) is 0 Å². The van der Waals surface area contributed by atoms with Crippen LogP contribution in [-0.4, -0.2) is 5.11 Å². The minimum Gasteiger partial charge on any atom is -0.468 e. The lowest BCUT2D eigenvalue weighted by Crippen LogP contribution is -2.32. The Labute approximate surface area is 130 Å². The van der Waals surface area contributed by atoms with Crippen LogP contribution in [0.4, 0.5) is 0 Å². The molecule has 1 unspecified atom stereocenters. The molecular weight excluding hydrogens is 274 g/mol. The summed E-state index contributed by atoms with van der Waals surface area (Å²) in [4.78, 5) is 0. The highest BCUT2D eigenvalue weighted by molar-refractivity contribution is 5.36. The standard InChI is InChI=1S/C19H19NO2/c20-17(18-12-7-13-22-18)14-19(21,15-8-3-1-4-9-15)16-10-5-2-6-11-16/h1-13,17,21H,14,20H2. The Morgan fingerprint density at radius 3 is 1.86 bits per heavy atom. The molecule has 0 bridgehead atoms. The van der Waals surface area contributed by atoms with Crippen molar-refractivity contribution in [2.45, 2.75) is 18.1 Å². The van der Waals surface area contributed by atoms with E-state index in [0.717, 1.165) is 11.1 Å². The largest absolute Gasteiger partial charge is 0.468 e. The van der Waals surface area contributed by atoms with Crippen LogP contribution >= 0.6 is 0 Å². The molecule has 1 aromatic heterocycles. The van der Waals surface area contributed by atoms with Gasteiger partial charge in [-0.05, 0) is 23.3 Å². The number of hydrogen-bond acceptors (Lipinski definition) is 3. The molecule has 0 aliphatic carbocycles. The van der Waals surface area contributed by atoms with Gasteiger partial charge in [0, 0.05) is 6.42 Å². The van der Waals surface area contributed by atoms with Gasteiger partial charge in [-0.25, -0.2) is 0 Å². The molecule has 0 radical (unpaired) electrons. The lowest BCUT2D eigenvalue weighted by atomic mass is 9.81. The molecule has 1 atom stereocenters. The summed E-state index contributed by atoms with van der Waals surface area (Å²) in [5.74, 6) is 0.672. The molecule has 0 amide bonds. The van der Waals surface area contributed by atoms with E-state index in [4.69, 9.17) is 10.2 Å². The number of furan rings is 1. The molecule has 0 saturated heterocycles. The fourth-order valence-corrected chi connectivity index (χ4v) is 2.75. The lowest BCUT2D eigenvalue weighted by Gasteiger charge is -2.31. The van der Waals surface area contributed by atoms with E-state index in [1.54, 1.807) is 12.3 Å². The van der Waals surface area contributed by atoms with E-state index in [-0.39, 0.29) is 6.04 Å². The van der Waals surface area contributed by atoms with Crippen LogP contribution in [0.15, 0.2) is 83.5 Å². The van der Waals surface area contributed by atoms with Crippen LogP contribution in [0.2, 0.25) is 0 Å². The van der Waals surface area contributed by atoms with Crippen LogP contribution in [0.1, 0.15) is 29.3 Å². The number of aliphatic hydroxyl groups is 1. The summed E-state index contributed by atoms with van der Waals surface area (Å²) in [6.07, 6.45) is 1.94. The SMILES string of the molecule is NC(CC(O)(c1ccccc1)c1ccccc1)c1ccco1. The van der Waals surface area contributed by atoms with Gasteiger partial charge in [-0.2, -0.15) is 0 Å². The first-order chi connectivity index (χ1) is 10.7. The molecule has 3 nitrogen and oxygen atoms in total. The van der Waals surface area contributed by atoms with Gasteiger partial charge < -0.3 is 15.3 Å². The highest BCUT2D eigenvalue weighted by Gasteiger charge is 2.34. The zero-order chi connectivity index (χ0) is 15.4. The summed E-state index contributed by atoms with van der Waals surface area (Å²) < 4.78 is 5.38. The van der Waals surface area contributed by atoms with E-state index in [1.807, 2.05) is 66.7 Å². The third-order valence-corrected chi connectivity index (χ3v) is 3.93. The van der Waals surface area contributed by atoms with Crippen molar-refractivity contribution in [2.75, 3.05) is 0 Å². The molecule has 0 saturated carbocycles. The molecule has 3 N–H and O–H groups in total. The van der Waals surface area contributed by atoms with Crippen LogP contribution in [0.3, 0.4) is 0 Å². The fraction of sp³-hybridized carbons (Fsp3) is 0.158. The Bertz CT molecular complexity index is 653. The fourth-order valence-electron chi connectivity index (χ4n) is 2.75. The van der Waals surface area contributed by atoms with Crippen molar-refractivity contribution in [3.05, 3.63) is 95.9 Å². The van der Waals surface area contributed by atoms with Crippen molar-refractivity contribution in [1.29, 1.82) is 0 Å². The highest BCUT2D eigenvalue weighted by atomic mass is 16.3. The molecule has 0 aliphatic heterocycles. The number of benzene rings is 2. The first-order valence-corrected chi connectivity index (χ1v) is 7.32. The van der Waals surface area contributed by atoms with Crippen molar-refractivity contribution in [3.63, 3.8) is 0 Å². The molecule has 1 heterocycles. The zero-order valence-corrected chi connectivity index (χ0v) is 12.2. The average molecular weight is 293 g/mol. The normalized spacial score (nSPS) is 13.0. The third kappa shape index (κ3) is 2.82. The van der Waals surface area contributed by atoms with Gasteiger partial charge in [0.15, 0.2) is 0 Å². The third-order valence-electron chi connectivity index (χ3n) is 3.93. The van der Waals surface area contributed by atoms with Gasteiger partial charge >= 0.3 is 0 Å². The molecule has 2 aromatic carbocycles. The van der Waals surface area contributed by atoms with Crippen molar-refractivity contribution < 1.29 is 9.52 Å². The molecular formula is C19H19NO2. The minimum absolute atomic E-state index is 0.342. The van der Waals surface area contributed by atoms with Crippen LogP contribution < -0.4 is 5.73 Å². The van der Waals surface area contributed by atoms with Gasteiger partial charge in [0.05, 0.1) is 12.3 Å². The van der Waals surface area contributed by atoms with E-state index < -0.39 is 5.60 Å². The predicted molar refractivity (Wildman–Crippen MR) is 86.1 cm³/mol. The highest BCUT2D eigenvalue weighted by Crippen LogP contribution is 2.37. The van der Waals surface area contributed by atoms with Gasteiger partial charge in [0.25, 0.3) is 0 Å². The monoisotopic (exact) mass is 293 g/mol. The van der Waals surface area contributed by atoms with E-state index in [0.29, 0.717) is 12.2 Å². The Balaban J connectivity index is 2.00. The van der Waals surface area contributed by atoms with Crippen molar-refractivity contribution in [2.24, 2.45) is 5.73 Å². The molecule has 3 heteroatoms. The maximum Gasteiger partial charge on any atom is 0.120 e. The summed E-state index contributed by atoms with van der Waals surface area (Å²) in [5.41, 5.74) is 6.73. The van der Waals surface area contributed by atoms with Gasteiger partial charge in [0.2, 0.25) is 0 Å². The molecule has 22 heavy (non-hydrogen) atoms. The Morgan fingerprint density at radius 2 is 1.41 bits per heavy atom. The average Bonchev–Trinajstić information content (AvgIpc) is 3.11. The lowest BCUT2D eigenvalue weighted by molar-refractivity contribution is 0.0608. The summed E-state index contributed by atoms with van der Waals surface area (Å²) in [7, 11) is 0. The second-order valence-corrected chi connectivity index (χ2v) is 5.42. The van der Waals surface area contributed by atoms with Gasteiger partial charge in [0.1, 0.15) is 11.4 Å². The quantitative estimate of drug-likeness (QED) is 0.755. The van der Waals surface area contributed by atoms with E-state index in [2.05, 4.69) is 0 Å². The molecule has 0 fully saturated rings. The minimum atomic E-state index is -1.16. The predicted octanol–water partition coefficient (Wildman–Crippen LogP) is 3.61. The smallest absolute Gasteiger partial charge is 0.120 e. The second kappa shape index (κ2) is 6.18. The summed E-state index contributed by atoms with van der Waals surface area (Å²) >= 11 is 0. The van der Waals surface area contributed by atoms with Crippen LogP contribution in [0.25, 0.3) is 0 Å². The topological polar surface area (TPSA) is 59.4 Å². The number of rotatable bonds is 5. The molecule has 3 aromatic rings. The van der Waals surface area contributed by atoms with Crippen LogP contribution in [-0.2, 0) is 5.60 Å². The Morgan fingerprint density at radius 1 is 0.864 bits per heavy atom. The molecule has 3 rings (SSSR count). The summed E-state index contributed by atoms with van der Waals surface area (Å²) in [6, 6.07) is 22.5.